The monoisotopic (exact) mass is 318 g/mol. The predicted molar refractivity (Wildman–Crippen MR) is 83.0 cm³/mol. The van der Waals surface area contributed by atoms with Crippen molar-refractivity contribution in [2.75, 3.05) is 6.61 Å². The minimum Gasteiger partial charge on any atom is -0.462 e. The molecule has 0 bridgehead atoms. The molecule has 0 aliphatic carbocycles. The first kappa shape index (κ1) is 16.0. The standard InChI is InChI=1S/C17H15ClO4/c1-2-21-16(19)14-8-3-4-9-15(14)17(20)22-11-12-6-5-7-13(18)10-12/h3-10H,2,11H2,1H3. The molecule has 0 aromatic heterocycles. The van der Waals surface area contributed by atoms with Crippen molar-refractivity contribution >= 4 is 23.5 Å². The van der Waals surface area contributed by atoms with Gasteiger partial charge in [-0.05, 0) is 36.8 Å². The van der Waals surface area contributed by atoms with E-state index < -0.39 is 11.9 Å². The number of esters is 2. The molecule has 114 valence electrons. The van der Waals surface area contributed by atoms with E-state index in [2.05, 4.69) is 0 Å². The molecular weight excluding hydrogens is 304 g/mol. The summed E-state index contributed by atoms with van der Waals surface area (Å²) < 4.78 is 10.2. The molecule has 2 aromatic rings. The van der Waals surface area contributed by atoms with Crippen LogP contribution in [-0.4, -0.2) is 18.5 Å². The fourth-order valence-electron chi connectivity index (χ4n) is 1.90. The zero-order valence-electron chi connectivity index (χ0n) is 12.0. The third-order valence-corrected chi connectivity index (χ3v) is 3.14. The van der Waals surface area contributed by atoms with Crippen molar-refractivity contribution in [3.8, 4) is 0 Å². The van der Waals surface area contributed by atoms with E-state index in [0.717, 1.165) is 5.56 Å². The molecule has 0 unspecified atom stereocenters. The van der Waals surface area contributed by atoms with Gasteiger partial charge in [-0.1, -0.05) is 35.9 Å². The molecule has 2 aromatic carbocycles. The molecular formula is C17H15ClO4. The highest BCUT2D eigenvalue weighted by Crippen LogP contribution is 2.15. The van der Waals surface area contributed by atoms with Crippen LogP contribution in [0.15, 0.2) is 48.5 Å². The van der Waals surface area contributed by atoms with E-state index in [9.17, 15) is 9.59 Å². The Morgan fingerprint density at radius 3 is 2.18 bits per heavy atom. The summed E-state index contributed by atoms with van der Waals surface area (Å²) in [6.45, 7) is 2.03. The number of benzene rings is 2. The van der Waals surface area contributed by atoms with E-state index in [-0.39, 0.29) is 24.3 Å². The molecule has 4 nitrogen and oxygen atoms in total. The number of rotatable bonds is 5. The van der Waals surface area contributed by atoms with Crippen molar-refractivity contribution in [1.82, 2.24) is 0 Å². The molecule has 0 aliphatic rings. The first-order chi connectivity index (χ1) is 10.6. The molecule has 0 saturated heterocycles. The number of carbonyl (C=O) groups is 2. The van der Waals surface area contributed by atoms with Crippen molar-refractivity contribution in [3.05, 3.63) is 70.2 Å². The largest absolute Gasteiger partial charge is 0.462 e. The third kappa shape index (κ3) is 4.09. The van der Waals surface area contributed by atoms with Crippen molar-refractivity contribution in [2.24, 2.45) is 0 Å². The lowest BCUT2D eigenvalue weighted by molar-refractivity contribution is 0.0445. The smallest absolute Gasteiger partial charge is 0.339 e. The summed E-state index contributed by atoms with van der Waals surface area (Å²) in [5, 5.41) is 0.570. The maximum absolute atomic E-state index is 12.2. The van der Waals surface area contributed by atoms with Crippen molar-refractivity contribution in [3.63, 3.8) is 0 Å². The van der Waals surface area contributed by atoms with Crippen LogP contribution in [0.25, 0.3) is 0 Å². The molecule has 0 spiro atoms. The van der Waals surface area contributed by atoms with Crippen molar-refractivity contribution in [1.29, 1.82) is 0 Å². The predicted octanol–water partition coefficient (Wildman–Crippen LogP) is 3.87. The van der Waals surface area contributed by atoms with Gasteiger partial charge in [0.1, 0.15) is 6.61 Å². The summed E-state index contributed by atoms with van der Waals surface area (Å²) in [7, 11) is 0. The van der Waals surface area contributed by atoms with Gasteiger partial charge in [-0.15, -0.1) is 0 Å². The molecule has 2 rings (SSSR count). The van der Waals surface area contributed by atoms with Crippen molar-refractivity contribution in [2.45, 2.75) is 13.5 Å². The Kier molecular flexibility index (Phi) is 5.55. The van der Waals surface area contributed by atoms with Gasteiger partial charge in [0.05, 0.1) is 17.7 Å². The average Bonchev–Trinajstić information content (AvgIpc) is 2.53. The molecule has 0 fully saturated rings. The van der Waals surface area contributed by atoms with E-state index in [1.54, 1.807) is 43.3 Å². The Morgan fingerprint density at radius 1 is 0.955 bits per heavy atom. The van der Waals surface area contributed by atoms with E-state index in [4.69, 9.17) is 21.1 Å². The summed E-state index contributed by atoms with van der Waals surface area (Å²) >= 11 is 5.88. The first-order valence-electron chi connectivity index (χ1n) is 6.79. The summed E-state index contributed by atoms with van der Waals surface area (Å²) in [5.74, 6) is -1.12. The lowest BCUT2D eigenvalue weighted by Crippen LogP contribution is -2.13. The zero-order chi connectivity index (χ0) is 15.9. The maximum atomic E-state index is 12.2. The van der Waals surface area contributed by atoms with Gasteiger partial charge in [0.2, 0.25) is 0 Å². The Hall–Kier alpha value is -2.33. The SMILES string of the molecule is CCOC(=O)c1ccccc1C(=O)OCc1cccc(Cl)c1. The van der Waals surface area contributed by atoms with E-state index in [0.29, 0.717) is 5.02 Å². The van der Waals surface area contributed by atoms with Gasteiger partial charge in [-0.3, -0.25) is 0 Å². The van der Waals surface area contributed by atoms with Crippen LogP contribution in [-0.2, 0) is 16.1 Å². The second-order valence-electron chi connectivity index (χ2n) is 4.47. The van der Waals surface area contributed by atoms with Crippen LogP contribution in [0.4, 0.5) is 0 Å². The maximum Gasteiger partial charge on any atom is 0.339 e. The highest BCUT2D eigenvalue weighted by molar-refractivity contribution is 6.30. The molecule has 0 atom stereocenters. The number of halogens is 1. The Labute approximate surface area is 133 Å². The molecule has 0 saturated carbocycles. The first-order valence-corrected chi connectivity index (χ1v) is 7.17. The lowest BCUT2D eigenvalue weighted by Gasteiger charge is -2.09. The van der Waals surface area contributed by atoms with Crippen LogP contribution < -0.4 is 0 Å². The zero-order valence-corrected chi connectivity index (χ0v) is 12.8. The number of carbonyl (C=O) groups excluding carboxylic acids is 2. The highest BCUT2D eigenvalue weighted by atomic mass is 35.5. The van der Waals surface area contributed by atoms with E-state index >= 15 is 0 Å². The van der Waals surface area contributed by atoms with E-state index in [1.807, 2.05) is 0 Å². The Bertz CT molecular complexity index is 682. The van der Waals surface area contributed by atoms with Crippen molar-refractivity contribution < 1.29 is 19.1 Å². The van der Waals surface area contributed by atoms with Crippen LogP contribution in [0.5, 0.6) is 0 Å². The van der Waals surface area contributed by atoms with Gasteiger partial charge in [-0.25, -0.2) is 9.59 Å². The van der Waals surface area contributed by atoms with Crippen LogP contribution in [0.2, 0.25) is 5.02 Å². The van der Waals surface area contributed by atoms with Gasteiger partial charge in [-0.2, -0.15) is 0 Å². The Balaban J connectivity index is 2.11. The molecule has 0 amide bonds. The average molecular weight is 319 g/mol. The summed E-state index contributed by atoms with van der Waals surface area (Å²) in [5.41, 5.74) is 1.15. The molecule has 22 heavy (non-hydrogen) atoms. The molecule has 0 heterocycles. The van der Waals surface area contributed by atoms with Crippen LogP contribution in [0, 0.1) is 0 Å². The van der Waals surface area contributed by atoms with Gasteiger partial charge in [0.25, 0.3) is 0 Å². The fourth-order valence-corrected chi connectivity index (χ4v) is 2.11. The van der Waals surface area contributed by atoms with Crippen LogP contribution in [0.3, 0.4) is 0 Å². The van der Waals surface area contributed by atoms with E-state index in [1.165, 1.54) is 12.1 Å². The summed E-state index contributed by atoms with van der Waals surface area (Å²) in [6, 6.07) is 13.4. The third-order valence-electron chi connectivity index (χ3n) is 2.90. The highest BCUT2D eigenvalue weighted by Gasteiger charge is 2.18. The topological polar surface area (TPSA) is 52.6 Å². The number of ether oxygens (including phenoxy) is 2. The Morgan fingerprint density at radius 2 is 1.59 bits per heavy atom. The number of hydrogen-bond donors (Lipinski definition) is 0. The lowest BCUT2D eigenvalue weighted by atomic mass is 10.1. The van der Waals surface area contributed by atoms with Gasteiger partial charge >= 0.3 is 11.9 Å². The summed E-state index contributed by atoms with van der Waals surface area (Å²) in [6.07, 6.45) is 0. The second kappa shape index (κ2) is 7.61. The fraction of sp³-hybridized carbons (Fsp3) is 0.176. The van der Waals surface area contributed by atoms with Crippen LogP contribution >= 0.6 is 11.6 Å². The van der Waals surface area contributed by atoms with Gasteiger partial charge in [0.15, 0.2) is 0 Å². The quantitative estimate of drug-likeness (QED) is 0.785. The number of hydrogen-bond acceptors (Lipinski definition) is 4. The molecule has 5 heteroatoms. The molecule has 0 radical (unpaired) electrons. The minimum absolute atomic E-state index is 0.0799. The normalized spacial score (nSPS) is 10.1. The minimum atomic E-state index is -0.580. The summed E-state index contributed by atoms with van der Waals surface area (Å²) in [4.78, 5) is 24.0. The second-order valence-corrected chi connectivity index (χ2v) is 4.91. The van der Waals surface area contributed by atoms with Crippen LogP contribution in [0.1, 0.15) is 33.2 Å². The van der Waals surface area contributed by atoms with Gasteiger partial charge in [0, 0.05) is 5.02 Å². The molecule has 0 aliphatic heterocycles. The molecule has 0 N–H and O–H groups in total. The van der Waals surface area contributed by atoms with Gasteiger partial charge < -0.3 is 9.47 Å².